The average Bonchev–Trinajstić information content (AvgIpc) is 3.32. The first kappa shape index (κ1) is 19.8. The number of methoxy groups -OCH3 is 3. The molecule has 0 unspecified atom stereocenters. The maximum Gasteiger partial charge on any atom is 0.307 e. The number of amides is 2. The Kier molecular flexibility index (Phi) is 5.62. The zero-order valence-electron chi connectivity index (χ0n) is 16.0. The van der Waals surface area contributed by atoms with Gasteiger partial charge in [0.05, 0.1) is 33.2 Å². The second kappa shape index (κ2) is 7.95. The summed E-state index contributed by atoms with van der Waals surface area (Å²) in [6, 6.07) is 2.92. The molecule has 0 aliphatic heterocycles. The average molecular weight is 392 g/mol. The van der Waals surface area contributed by atoms with Crippen LogP contribution in [0.2, 0.25) is 0 Å². The quantitative estimate of drug-likeness (QED) is 0.622. The third-order valence-electron chi connectivity index (χ3n) is 5.73. The number of hydrogen-bond acceptors (Lipinski definition) is 6. The van der Waals surface area contributed by atoms with E-state index in [9.17, 15) is 19.5 Å². The molecule has 2 fully saturated rings. The van der Waals surface area contributed by atoms with E-state index < -0.39 is 29.6 Å². The first-order valence-corrected chi connectivity index (χ1v) is 9.04. The molecule has 0 heterocycles. The monoisotopic (exact) mass is 392 g/mol. The van der Waals surface area contributed by atoms with Gasteiger partial charge in [-0.2, -0.15) is 0 Å². The molecule has 4 atom stereocenters. The summed E-state index contributed by atoms with van der Waals surface area (Å²) in [4.78, 5) is 36.6. The van der Waals surface area contributed by atoms with Gasteiger partial charge in [0.2, 0.25) is 11.7 Å². The van der Waals surface area contributed by atoms with Crippen molar-refractivity contribution < 1.29 is 33.7 Å². The number of ether oxygens (including phenoxy) is 3. The van der Waals surface area contributed by atoms with Crippen LogP contribution in [0.4, 0.5) is 0 Å². The lowest BCUT2D eigenvalue weighted by molar-refractivity contribution is -0.149. The summed E-state index contributed by atoms with van der Waals surface area (Å²) in [6.07, 6.45) is 2.42. The molecule has 2 aliphatic carbocycles. The zero-order valence-corrected chi connectivity index (χ0v) is 16.0. The van der Waals surface area contributed by atoms with Crippen LogP contribution in [0.5, 0.6) is 17.2 Å². The van der Waals surface area contributed by atoms with E-state index in [0.717, 1.165) is 19.3 Å². The summed E-state index contributed by atoms with van der Waals surface area (Å²) >= 11 is 0. The van der Waals surface area contributed by atoms with Crippen molar-refractivity contribution in [3.63, 3.8) is 0 Å². The molecule has 2 saturated carbocycles. The molecule has 3 rings (SSSR count). The summed E-state index contributed by atoms with van der Waals surface area (Å²) in [7, 11) is 4.32. The molecule has 9 nitrogen and oxygen atoms in total. The number of rotatable bonds is 6. The molecule has 2 aliphatic rings. The molecule has 1 aromatic rings. The van der Waals surface area contributed by atoms with Gasteiger partial charge in [0.15, 0.2) is 11.5 Å². The summed E-state index contributed by atoms with van der Waals surface area (Å²) < 4.78 is 15.6. The van der Waals surface area contributed by atoms with Crippen LogP contribution in [0.1, 0.15) is 29.6 Å². The fraction of sp³-hybridized carbons (Fsp3) is 0.526. The molecule has 0 spiro atoms. The van der Waals surface area contributed by atoms with E-state index in [4.69, 9.17) is 14.2 Å². The topological polar surface area (TPSA) is 123 Å². The Labute approximate surface area is 162 Å². The van der Waals surface area contributed by atoms with Crippen LogP contribution in [0.3, 0.4) is 0 Å². The molecule has 0 saturated heterocycles. The molecule has 0 radical (unpaired) electrons. The van der Waals surface area contributed by atoms with Gasteiger partial charge in [0.25, 0.3) is 5.91 Å². The van der Waals surface area contributed by atoms with Crippen LogP contribution in [-0.4, -0.2) is 44.2 Å². The Hall–Kier alpha value is -2.97. The predicted molar refractivity (Wildman–Crippen MR) is 97.2 cm³/mol. The van der Waals surface area contributed by atoms with Gasteiger partial charge < -0.3 is 19.3 Å². The smallest absolute Gasteiger partial charge is 0.307 e. The minimum Gasteiger partial charge on any atom is -0.493 e. The Bertz CT molecular complexity index is 769. The van der Waals surface area contributed by atoms with Crippen LogP contribution in [0.25, 0.3) is 0 Å². The van der Waals surface area contributed by atoms with Crippen LogP contribution >= 0.6 is 0 Å². The lowest BCUT2D eigenvalue weighted by atomic mass is 9.79. The van der Waals surface area contributed by atoms with Crippen molar-refractivity contribution >= 4 is 17.8 Å². The molecular weight excluding hydrogens is 368 g/mol. The van der Waals surface area contributed by atoms with Crippen LogP contribution in [0, 0.1) is 23.7 Å². The molecular formula is C19H24N2O7. The first-order valence-electron chi connectivity index (χ1n) is 9.04. The second-order valence-electron chi connectivity index (χ2n) is 7.08. The molecule has 28 heavy (non-hydrogen) atoms. The Morgan fingerprint density at radius 3 is 2.00 bits per heavy atom. The second-order valence-corrected chi connectivity index (χ2v) is 7.08. The maximum absolute atomic E-state index is 12.6. The van der Waals surface area contributed by atoms with E-state index >= 15 is 0 Å². The number of nitrogens with one attached hydrogen (secondary N) is 2. The molecule has 2 amide bonds. The fourth-order valence-electron chi connectivity index (χ4n) is 4.51. The van der Waals surface area contributed by atoms with Crippen molar-refractivity contribution in [3.8, 4) is 17.2 Å². The summed E-state index contributed by atoms with van der Waals surface area (Å²) in [5.74, 6) is -2.31. The van der Waals surface area contributed by atoms with Gasteiger partial charge in [-0.1, -0.05) is 0 Å². The lowest BCUT2D eigenvalue weighted by Crippen LogP contribution is -2.48. The van der Waals surface area contributed by atoms with Gasteiger partial charge in [0.1, 0.15) is 0 Å². The van der Waals surface area contributed by atoms with Gasteiger partial charge in [-0.05, 0) is 43.2 Å². The lowest BCUT2D eigenvalue weighted by Gasteiger charge is -2.27. The summed E-state index contributed by atoms with van der Waals surface area (Å²) in [5.41, 5.74) is 4.92. The van der Waals surface area contributed by atoms with Gasteiger partial charge in [-0.15, -0.1) is 0 Å². The highest BCUT2D eigenvalue weighted by atomic mass is 16.5. The fourth-order valence-corrected chi connectivity index (χ4v) is 4.51. The van der Waals surface area contributed by atoms with Gasteiger partial charge in [0, 0.05) is 5.56 Å². The predicted octanol–water partition coefficient (Wildman–Crippen LogP) is 1.22. The largest absolute Gasteiger partial charge is 0.493 e. The van der Waals surface area contributed by atoms with Crippen molar-refractivity contribution in [2.24, 2.45) is 23.7 Å². The minimum absolute atomic E-state index is 0.0315. The van der Waals surface area contributed by atoms with E-state index in [-0.39, 0.29) is 17.4 Å². The SMILES string of the molecule is COc1cc(C(=O)NNC(=O)[C@@H]2[C@H]3CC[C@@H](C3)[C@H]2C(=O)O)cc(OC)c1OC. The number of carbonyl (C=O) groups is 3. The Morgan fingerprint density at radius 2 is 1.50 bits per heavy atom. The number of hydrogen-bond donors (Lipinski definition) is 3. The van der Waals surface area contributed by atoms with Crippen molar-refractivity contribution in [2.75, 3.05) is 21.3 Å². The number of hydrazine groups is 1. The molecule has 0 aromatic heterocycles. The number of benzene rings is 1. The number of fused-ring (bicyclic) bond motifs is 2. The van der Waals surface area contributed by atoms with E-state index in [0.29, 0.717) is 17.2 Å². The minimum atomic E-state index is -0.955. The zero-order chi connectivity index (χ0) is 20.4. The van der Waals surface area contributed by atoms with E-state index in [1.54, 1.807) is 0 Å². The molecule has 1 aromatic carbocycles. The standard InChI is InChI=1S/C19H24N2O7/c1-26-12-7-11(8-13(27-2)16(12)28-3)17(22)20-21-18(23)14-9-4-5-10(6-9)15(14)19(24)25/h7-10,14-15H,4-6H2,1-3H3,(H,20,22)(H,21,23)(H,24,25)/t9-,10-,14+,15+/m0/s1. The summed E-state index contributed by atoms with van der Waals surface area (Å²) in [5, 5.41) is 9.47. The van der Waals surface area contributed by atoms with Crippen molar-refractivity contribution in [2.45, 2.75) is 19.3 Å². The number of aliphatic carboxylic acids is 1. The molecule has 2 bridgehead atoms. The summed E-state index contributed by atoms with van der Waals surface area (Å²) in [6.45, 7) is 0. The van der Waals surface area contributed by atoms with E-state index in [1.165, 1.54) is 33.5 Å². The van der Waals surface area contributed by atoms with Crippen molar-refractivity contribution in [3.05, 3.63) is 17.7 Å². The first-order chi connectivity index (χ1) is 13.4. The van der Waals surface area contributed by atoms with Crippen LogP contribution in [-0.2, 0) is 9.59 Å². The third-order valence-corrected chi connectivity index (χ3v) is 5.73. The normalized spacial score (nSPS) is 25.1. The van der Waals surface area contributed by atoms with Crippen molar-refractivity contribution in [1.29, 1.82) is 0 Å². The van der Waals surface area contributed by atoms with Crippen molar-refractivity contribution in [1.82, 2.24) is 10.9 Å². The van der Waals surface area contributed by atoms with E-state index in [1.807, 2.05) is 0 Å². The third kappa shape index (κ3) is 3.44. The van der Waals surface area contributed by atoms with E-state index in [2.05, 4.69) is 10.9 Å². The van der Waals surface area contributed by atoms with Gasteiger partial charge >= 0.3 is 5.97 Å². The number of carboxylic acids is 1. The van der Waals surface area contributed by atoms with Crippen LogP contribution < -0.4 is 25.1 Å². The molecule has 9 heteroatoms. The van der Waals surface area contributed by atoms with Gasteiger partial charge in [-0.3, -0.25) is 25.2 Å². The molecule has 3 N–H and O–H groups in total. The highest BCUT2D eigenvalue weighted by Crippen LogP contribution is 2.52. The van der Waals surface area contributed by atoms with Crippen LogP contribution in [0.15, 0.2) is 12.1 Å². The Balaban J connectivity index is 1.70. The highest BCUT2D eigenvalue weighted by molar-refractivity contribution is 5.97. The maximum atomic E-state index is 12.6. The van der Waals surface area contributed by atoms with Gasteiger partial charge in [-0.25, -0.2) is 0 Å². The number of carboxylic acid groups (broad SMARTS) is 1. The Morgan fingerprint density at radius 1 is 0.929 bits per heavy atom. The highest BCUT2D eigenvalue weighted by Gasteiger charge is 2.54. The number of carbonyl (C=O) groups excluding carboxylic acids is 2. The molecule has 152 valence electrons.